The second-order valence-corrected chi connectivity index (χ2v) is 4.85. The predicted octanol–water partition coefficient (Wildman–Crippen LogP) is 2.46. The van der Waals surface area contributed by atoms with E-state index in [0.717, 1.165) is 11.0 Å². The minimum atomic E-state index is -0.851. The molecule has 0 radical (unpaired) electrons. The zero-order valence-electron chi connectivity index (χ0n) is 11.3. The first-order valence-corrected chi connectivity index (χ1v) is 6.23. The molecule has 0 amide bonds. The molecule has 0 aliphatic carbocycles. The van der Waals surface area contributed by atoms with Crippen molar-refractivity contribution < 1.29 is 14.6 Å². The summed E-state index contributed by atoms with van der Waals surface area (Å²) in [6.07, 6.45) is 0. The highest BCUT2D eigenvalue weighted by Gasteiger charge is 2.27. The molecule has 0 aliphatic heterocycles. The van der Waals surface area contributed by atoms with Crippen LogP contribution in [-0.2, 0) is 16.1 Å². The Morgan fingerprint density at radius 3 is 2.68 bits per heavy atom. The summed E-state index contributed by atoms with van der Waals surface area (Å²) in [6, 6.07) is 6.90. The largest absolute Gasteiger partial charge is 0.480 e. The number of hydrogen-bond donors (Lipinski definition) is 1. The highest BCUT2D eigenvalue weighted by Crippen LogP contribution is 2.26. The van der Waals surface area contributed by atoms with Gasteiger partial charge in [0.15, 0.2) is 0 Å². The Morgan fingerprint density at radius 1 is 1.42 bits per heavy atom. The summed E-state index contributed by atoms with van der Waals surface area (Å²) >= 11 is 0. The SMILES string of the molecule is COCc1nc2ccccc2n1C(C(=O)O)C(C)C. The van der Waals surface area contributed by atoms with E-state index >= 15 is 0 Å². The number of imidazole rings is 1. The fourth-order valence-electron chi connectivity index (χ4n) is 2.33. The number of para-hydroxylation sites is 2. The molecule has 1 atom stereocenters. The summed E-state index contributed by atoms with van der Waals surface area (Å²) in [5, 5.41) is 9.48. The van der Waals surface area contributed by atoms with Gasteiger partial charge in [0.2, 0.25) is 0 Å². The van der Waals surface area contributed by atoms with Gasteiger partial charge in [0.25, 0.3) is 0 Å². The molecule has 19 heavy (non-hydrogen) atoms. The van der Waals surface area contributed by atoms with Crippen molar-refractivity contribution in [1.82, 2.24) is 9.55 Å². The van der Waals surface area contributed by atoms with Gasteiger partial charge in [-0.15, -0.1) is 0 Å². The fourth-order valence-corrected chi connectivity index (χ4v) is 2.33. The molecule has 0 aliphatic rings. The van der Waals surface area contributed by atoms with Gasteiger partial charge < -0.3 is 14.4 Å². The van der Waals surface area contributed by atoms with E-state index in [1.54, 1.807) is 11.7 Å². The molecule has 0 saturated heterocycles. The number of carboxylic acids is 1. The minimum Gasteiger partial charge on any atom is -0.480 e. The van der Waals surface area contributed by atoms with Crippen LogP contribution in [0, 0.1) is 5.92 Å². The lowest BCUT2D eigenvalue weighted by atomic mass is 10.0. The number of aliphatic carboxylic acids is 1. The molecule has 2 aromatic rings. The predicted molar refractivity (Wildman–Crippen MR) is 72.0 cm³/mol. The molecule has 0 saturated carbocycles. The van der Waals surface area contributed by atoms with Crippen LogP contribution in [0.1, 0.15) is 25.7 Å². The number of benzene rings is 1. The number of ether oxygens (including phenoxy) is 1. The molecule has 0 fully saturated rings. The molecule has 1 N–H and O–H groups in total. The van der Waals surface area contributed by atoms with Crippen LogP contribution in [0.25, 0.3) is 11.0 Å². The number of aromatic nitrogens is 2. The van der Waals surface area contributed by atoms with Crippen LogP contribution in [0.4, 0.5) is 0 Å². The van der Waals surface area contributed by atoms with E-state index in [1.165, 1.54) is 0 Å². The van der Waals surface area contributed by atoms with Gasteiger partial charge in [-0.3, -0.25) is 0 Å². The number of carboxylic acid groups (broad SMARTS) is 1. The lowest BCUT2D eigenvalue weighted by Gasteiger charge is -2.21. The van der Waals surface area contributed by atoms with Crippen molar-refractivity contribution in [3.63, 3.8) is 0 Å². The lowest BCUT2D eigenvalue weighted by molar-refractivity contribution is -0.142. The number of nitrogens with zero attached hydrogens (tertiary/aromatic N) is 2. The molecular weight excluding hydrogens is 244 g/mol. The van der Waals surface area contributed by atoms with Crippen molar-refractivity contribution in [2.24, 2.45) is 5.92 Å². The maximum atomic E-state index is 11.6. The van der Waals surface area contributed by atoms with E-state index in [2.05, 4.69) is 4.98 Å². The Balaban J connectivity index is 2.67. The van der Waals surface area contributed by atoms with Gasteiger partial charge in [0.05, 0.1) is 11.0 Å². The van der Waals surface area contributed by atoms with Crippen molar-refractivity contribution in [2.45, 2.75) is 26.5 Å². The summed E-state index contributed by atoms with van der Waals surface area (Å²) in [5.41, 5.74) is 1.62. The van der Waals surface area contributed by atoms with E-state index in [0.29, 0.717) is 12.4 Å². The zero-order chi connectivity index (χ0) is 14.0. The third-order valence-corrected chi connectivity index (χ3v) is 3.10. The van der Waals surface area contributed by atoms with Crippen molar-refractivity contribution >= 4 is 17.0 Å². The van der Waals surface area contributed by atoms with Crippen LogP contribution in [0.5, 0.6) is 0 Å². The molecule has 5 heteroatoms. The van der Waals surface area contributed by atoms with E-state index < -0.39 is 12.0 Å². The monoisotopic (exact) mass is 262 g/mol. The number of carbonyl (C=O) groups is 1. The van der Waals surface area contributed by atoms with E-state index in [-0.39, 0.29) is 5.92 Å². The number of fused-ring (bicyclic) bond motifs is 1. The van der Waals surface area contributed by atoms with Crippen LogP contribution < -0.4 is 0 Å². The number of hydrogen-bond acceptors (Lipinski definition) is 3. The fraction of sp³-hybridized carbons (Fsp3) is 0.429. The smallest absolute Gasteiger partial charge is 0.327 e. The molecule has 1 aromatic carbocycles. The van der Waals surface area contributed by atoms with Gasteiger partial charge >= 0.3 is 5.97 Å². The maximum absolute atomic E-state index is 11.6. The maximum Gasteiger partial charge on any atom is 0.327 e. The van der Waals surface area contributed by atoms with Gasteiger partial charge in [-0.05, 0) is 18.1 Å². The first-order valence-electron chi connectivity index (χ1n) is 6.23. The molecule has 1 unspecified atom stereocenters. The van der Waals surface area contributed by atoms with E-state index in [4.69, 9.17) is 4.74 Å². The Hall–Kier alpha value is -1.88. The van der Waals surface area contributed by atoms with Crippen molar-refractivity contribution in [2.75, 3.05) is 7.11 Å². The van der Waals surface area contributed by atoms with Crippen molar-refractivity contribution in [3.05, 3.63) is 30.1 Å². The topological polar surface area (TPSA) is 64.4 Å². The first-order chi connectivity index (χ1) is 9.06. The zero-order valence-corrected chi connectivity index (χ0v) is 11.3. The molecule has 1 aromatic heterocycles. The molecule has 0 bridgehead atoms. The lowest BCUT2D eigenvalue weighted by Crippen LogP contribution is -2.26. The van der Waals surface area contributed by atoms with Crippen molar-refractivity contribution in [1.29, 1.82) is 0 Å². The Kier molecular flexibility index (Phi) is 3.85. The average molecular weight is 262 g/mol. The van der Waals surface area contributed by atoms with Crippen LogP contribution in [0.2, 0.25) is 0 Å². The van der Waals surface area contributed by atoms with Crippen LogP contribution in [0.15, 0.2) is 24.3 Å². The van der Waals surface area contributed by atoms with Crippen molar-refractivity contribution in [3.8, 4) is 0 Å². The molecule has 2 rings (SSSR count). The van der Waals surface area contributed by atoms with Crippen LogP contribution >= 0.6 is 0 Å². The van der Waals surface area contributed by atoms with Gasteiger partial charge in [-0.2, -0.15) is 0 Å². The molecular formula is C14H18N2O3. The standard InChI is InChI=1S/C14H18N2O3/c1-9(2)13(14(17)18)16-11-7-5-4-6-10(11)15-12(16)8-19-3/h4-7,9,13H,8H2,1-3H3,(H,17,18). The number of rotatable bonds is 5. The summed E-state index contributed by atoms with van der Waals surface area (Å²) in [4.78, 5) is 16.0. The van der Waals surface area contributed by atoms with Gasteiger partial charge in [0, 0.05) is 7.11 Å². The van der Waals surface area contributed by atoms with Gasteiger partial charge in [-0.25, -0.2) is 9.78 Å². The minimum absolute atomic E-state index is 0.0364. The number of methoxy groups -OCH3 is 1. The Morgan fingerprint density at radius 2 is 2.11 bits per heavy atom. The third-order valence-electron chi connectivity index (χ3n) is 3.10. The summed E-state index contributed by atoms with van der Waals surface area (Å²) in [6.45, 7) is 4.08. The summed E-state index contributed by atoms with van der Waals surface area (Å²) in [5.74, 6) is -0.244. The van der Waals surface area contributed by atoms with Gasteiger partial charge in [-0.1, -0.05) is 26.0 Å². The highest BCUT2D eigenvalue weighted by molar-refractivity contribution is 5.80. The quantitative estimate of drug-likeness (QED) is 0.899. The molecule has 0 spiro atoms. The Labute approximate surface area is 111 Å². The van der Waals surface area contributed by atoms with E-state index in [9.17, 15) is 9.90 Å². The van der Waals surface area contributed by atoms with E-state index in [1.807, 2.05) is 38.1 Å². The summed E-state index contributed by atoms with van der Waals surface area (Å²) in [7, 11) is 1.58. The second-order valence-electron chi connectivity index (χ2n) is 4.85. The molecule has 5 nitrogen and oxygen atoms in total. The molecule has 1 heterocycles. The normalized spacial score (nSPS) is 13.1. The summed E-state index contributed by atoms with van der Waals surface area (Å²) < 4.78 is 6.90. The highest BCUT2D eigenvalue weighted by atomic mass is 16.5. The average Bonchev–Trinajstić information content (AvgIpc) is 2.68. The third kappa shape index (κ3) is 2.46. The van der Waals surface area contributed by atoms with Crippen LogP contribution in [-0.4, -0.2) is 27.7 Å². The van der Waals surface area contributed by atoms with Gasteiger partial charge in [0.1, 0.15) is 18.5 Å². The van der Waals surface area contributed by atoms with Crippen LogP contribution in [0.3, 0.4) is 0 Å². The first kappa shape index (κ1) is 13.5. The second kappa shape index (κ2) is 5.40. The molecule has 102 valence electrons. The Bertz CT molecular complexity index is 589.